The Kier molecular flexibility index (Phi) is 3.28. The van der Waals surface area contributed by atoms with Crippen LogP contribution in [-0.4, -0.2) is 22.0 Å². The predicted molar refractivity (Wildman–Crippen MR) is 48.8 cm³/mol. The van der Waals surface area contributed by atoms with Gasteiger partial charge in [-0.1, -0.05) is 5.92 Å². The molecule has 0 fully saturated rings. The van der Waals surface area contributed by atoms with E-state index in [1.807, 2.05) is 6.07 Å². The summed E-state index contributed by atoms with van der Waals surface area (Å²) < 4.78 is 1.45. The van der Waals surface area contributed by atoms with Crippen LogP contribution < -0.4 is 5.32 Å². The molecule has 0 radical (unpaired) electrons. The number of imidazole rings is 1. The van der Waals surface area contributed by atoms with E-state index in [4.69, 9.17) is 11.7 Å². The zero-order valence-corrected chi connectivity index (χ0v) is 7.40. The second-order valence-corrected chi connectivity index (χ2v) is 2.47. The highest BCUT2D eigenvalue weighted by Crippen LogP contribution is 1.94. The van der Waals surface area contributed by atoms with E-state index in [1.165, 1.54) is 10.8 Å². The van der Waals surface area contributed by atoms with Gasteiger partial charge in [-0.25, -0.2) is 4.98 Å². The number of hydrogen-bond acceptors (Lipinski definition) is 3. The molecule has 5 heteroatoms. The van der Waals surface area contributed by atoms with Crippen LogP contribution in [0.5, 0.6) is 0 Å². The van der Waals surface area contributed by atoms with Gasteiger partial charge in [-0.2, -0.15) is 5.26 Å². The van der Waals surface area contributed by atoms with E-state index in [-0.39, 0.29) is 24.8 Å². The van der Waals surface area contributed by atoms with Gasteiger partial charge in [-0.15, -0.1) is 6.42 Å². The van der Waals surface area contributed by atoms with Gasteiger partial charge in [-0.3, -0.25) is 4.79 Å². The fraction of sp³-hybridized carbons (Fsp3) is 0.222. The Labute approximate surface area is 81.4 Å². The third-order valence-corrected chi connectivity index (χ3v) is 1.52. The van der Waals surface area contributed by atoms with Crippen molar-refractivity contribution in [3.63, 3.8) is 0 Å². The van der Waals surface area contributed by atoms with Crippen molar-refractivity contribution in [1.82, 2.24) is 14.9 Å². The van der Waals surface area contributed by atoms with Gasteiger partial charge in [0, 0.05) is 12.4 Å². The summed E-state index contributed by atoms with van der Waals surface area (Å²) >= 11 is 0. The molecule has 0 aromatic carbocycles. The smallest absolute Gasteiger partial charge is 0.240 e. The minimum atomic E-state index is -0.238. The number of amides is 1. The molecule has 0 bridgehead atoms. The molecule has 0 saturated carbocycles. The summed E-state index contributed by atoms with van der Waals surface area (Å²) in [5, 5.41) is 11.1. The number of aromatic nitrogens is 2. The number of nitriles is 1. The maximum Gasteiger partial charge on any atom is 0.240 e. The van der Waals surface area contributed by atoms with Crippen LogP contribution in [0.25, 0.3) is 0 Å². The minimum absolute atomic E-state index is 0.0601. The molecule has 1 aromatic rings. The molecule has 0 aliphatic carbocycles. The molecule has 0 spiro atoms. The molecule has 70 valence electrons. The van der Waals surface area contributed by atoms with Crippen LogP contribution >= 0.6 is 0 Å². The van der Waals surface area contributed by atoms with Gasteiger partial charge in [-0.05, 0) is 0 Å². The SMILES string of the molecule is C#CCNC(=O)Cn1ccnc1C#N. The first-order chi connectivity index (χ1) is 6.77. The normalized spacial score (nSPS) is 8.71. The van der Waals surface area contributed by atoms with E-state index in [0.29, 0.717) is 0 Å². The largest absolute Gasteiger partial charge is 0.344 e. The maximum atomic E-state index is 11.2. The maximum absolute atomic E-state index is 11.2. The van der Waals surface area contributed by atoms with Gasteiger partial charge in [0.2, 0.25) is 11.7 Å². The quantitative estimate of drug-likeness (QED) is 0.650. The first kappa shape index (κ1) is 9.82. The molecular formula is C9H8N4O. The van der Waals surface area contributed by atoms with E-state index < -0.39 is 0 Å². The van der Waals surface area contributed by atoms with Crippen molar-refractivity contribution in [2.75, 3.05) is 6.54 Å². The Bertz CT molecular complexity index is 407. The molecule has 0 aliphatic heterocycles. The number of rotatable bonds is 3. The van der Waals surface area contributed by atoms with Crippen molar-refractivity contribution in [1.29, 1.82) is 5.26 Å². The Morgan fingerprint density at radius 1 is 1.79 bits per heavy atom. The van der Waals surface area contributed by atoms with Crippen molar-refractivity contribution in [3.05, 3.63) is 18.2 Å². The Balaban J connectivity index is 2.58. The molecule has 0 saturated heterocycles. The summed E-state index contributed by atoms with van der Waals surface area (Å²) in [7, 11) is 0. The number of carbonyl (C=O) groups is 1. The summed E-state index contributed by atoms with van der Waals surface area (Å²) in [6, 6.07) is 1.87. The van der Waals surface area contributed by atoms with E-state index in [2.05, 4.69) is 16.2 Å². The van der Waals surface area contributed by atoms with E-state index >= 15 is 0 Å². The first-order valence-corrected chi connectivity index (χ1v) is 3.89. The predicted octanol–water partition coefficient (Wildman–Crippen LogP) is -0.496. The number of nitrogens with zero attached hydrogens (tertiary/aromatic N) is 3. The van der Waals surface area contributed by atoms with Crippen LogP contribution in [0.15, 0.2) is 12.4 Å². The van der Waals surface area contributed by atoms with Crippen molar-refractivity contribution in [2.45, 2.75) is 6.54 Å². The fourth-order valence-corrected chi connectivity index (χ4v) is 0.910. The van der Waals surface area contributed by atoms with Gasteiger partial charge in [0.25, 0.3) is 0 Å². The zero-order valence-electron chi connectivity index (χ0n) is 7.40. The summed E-state index contributed by atoms with van der Waals surface area (Å²) in [4.78, 5) is 14.9. The van der Waals surface area contributed by atoms with Crippen molar-refractivity contribution in [2.24, 2.45) is 0 Å². The lowest BCUT2D eigenvalue weighted by Gasteiger charge is -2.02. The highest BCUT2D eigenvalue weighted by atomic mass is 16.1. The van der Waals surface area contributed by atoms with Gasteiger partial charge < -0.3 is 9.88 Å². The molecule has 0 unspecified atom stereocenters. The zero-order chi connectivity index (χ0) is 10.4. The Hall–Kier alpha value is -2.27. The standard InChI is InChI=1S/C9H8N4O/c1-2-3-12-9(14)7-13-5-4-11-8(13)6-10/h1,4-5H,3,7H2,(H,12,14). The van der Waals surface area contributed by atoms with Crippen LogP contribution in [0.2, 0.25) is 0 Å². The van der Waals surface area contributed by atoms with Crippen LogP contribution in [0.4, 0.5) is 0 Å². The molecule has 1 rings (SSSR count). The molecule has 0 atom stereocenters. The second kappa shape index (κ2) is 4.68. The highest BCUT2D eigenvalue weighted by molar-refractivity contribution is 5.76. The molecule has 1 aromatic heterocycles. The molecule has 0 aliphatic rings. The lowest BCUT2D eigenvalue weighted by atomic mass is 10.5. The van der Waals surface area contributed by atoms with Crippen LogP contribution in [0.3, 0.4) is 0 Å². The highest BCUT2D eigenvalue weighted by Gasteiger charge is 2.05. The number of carbonyl (C=O) groups excluding carboxylic acids is 1. The molecule has 1 amide bonds. The fourth-order valence-electron chi connectivity index (χ4n) is 0.910. The molecular weight excluding hydrogens is 180 g/mol. The summed E-state index contributed by atoms with van der Waals surface area (Å²) in [5.74, 6) is 2.26. The molecule has 1 N–H and O–H groups in total. The topological polar surface area (TPSA) is 70.7 Å². The number of hydrogen-bond donors (Lipinski definition) is 1. The van der Waals surface area contributed by atoms with E-state index in [0.717, 1.165) is 0 Å². The first-order valence-electron chi connectivity index (χ1n) is 3.89. The third-order valence-electron chi connectivity index (χ3n) is 1.52. The van der Waals surface area contributed by atoms with E-state index in [9.17, 15) is 4.79 Å². The Morgan fingerprint density at radius 3 is 3.21 bits per heavy atom. The summed E-state index contributed by atoms with van der Waals surface area (Å²) in [5.41, 5.74) is 0. The van der Waals surface area contributed by atoms with Gasteiger partial charge in [0.1, 0.15) is 12.6 Å². The minimum Gasteiger partial charge on any atom is -0.344 e. The molecule has 1 heterocycles. The molecule has 14 heavy (non-hydrogen) atoms. The third kappa shape index (κ3) is 2.36. The van der Waals surface area contributed by atoms with Gasteiger partial charge in [0.05, 0.1) is 6.54 Å². The van der Waals surface area contributed by atoms with Crippen LogP contribution in [-0.2, 0) is 11.3 Å². The average molecular weight is 188 g/mol. The lowest BCUT2D eigenvalue weighted by Crippen LogP contribution is -2.27. The summed E-state index contributed by atoms with van der Waals surface area (Å²) in [6.07, 6.45) is 8.00. The average Bonchev–Trinajstić information content (AvgIpc) is 2.62. The number of nitrogens with one attached hydrogen (secondary N) is 1. The van der Waals surface area contributed by atoms with Crippen LogP contribution in [0.1, 0.15) is 5.82 Å². The van der Waals surface area contributed by atoms with E-state index in [1.54, 1.807) is 6.20 Å². The van der Waals surface area contributed by atoms with Gasteiger partial charge in [0.15, 0.2) is 0 Å². The number of terminal acetylenes is 1. The van der Waals surface area contributed by atoms with Crippen LogP contribution in [0, 0.1) is 23.7 Å². The van der Waals surface area contributed by atoms with Gasteiger partial charge >= 0.3 is 0 Å². The Morgan fingerprint density at radius 2 is 2.57 bits per heavy atom. The monoisotopic (exact) mass is 188 g/mol. The lowest BCUT2D eigenvalue weighted by molar-refractivity contribution is -0.121. The molecule has 5 nitrogen and oxygen atoms in total. The van der Waals surface area contributed by atoms with Crippen molar-refractivity contribution in [3.8, 4) is 18.4 Å². The van der Waals surface area contributed by atoms with Crippen molar-refractivity contribution < 1.29 is 4.79 Å². The summed E-state index contributed by atoms with van der Waals surface area (Å²) in [6.45, 7) is 0.250. The van der Waals surface area contributed by atoms with Crippen molar-refractivity contribution >= 4 is 5.91 Å². The second-order valence-electron chi connectivity index (χ2n) is 2.47.